The molecule has 0 aliphatic rings. The molecule has 1 heterocycles. The first-order chi connectivity index (χ1) is 14.2. The first-order valence-corrected chi connectivity index (χ1v) is 9.53. The minimum atomic E-state index is -0.333. The van der Waals surface area contributed by atoms with Crippen LogP contribution in [0.3, 0.4) is 0 Å². The van der Waals surface area contributed by atoms with Crippen LogP contribution < -0.4 is 10.6 Å². The lowest BCUT2D eigenvalue weighted by molar-refractivity contribution is -0.115. The maximum atomic E-state index is 12.2. The van der Waals surface area contributed by atoms with Gasteiger partial charge in [0.15, 0.2) is 5.11 Å². The average Bonchev–Trinajstić information content (AvgIpc) is 3.22. The molecule has 0 fully saturated rings. The topological polar surface area (TPSA) is 54.3 Å². The molecule has 0 spiro atoms. The van der Waals surface area contributed by atoms with Crippen molar-refractivity contribution in [1.29, 1.82) is 0 Å². The van der Waals surface area contributed by atoms with E-state index in [9.17, 15) is 4.79 Å². The monoisotopic (exact) mass is 398 g/mol. The number of benzene rings is 3. The number of anilines is 1. The van der Waals surface area contributed by atoms with Gasteiger partial charge in [-0.15, -0.1) is 0 Å². The molecule has 5 heteroatoms. The van der Waals surface area contributed by atoms with E-state index in [1.54, 1.807) is 6.08 Å². The second kappa shape index (κ2) is 8.54. The zero-order valence-corrected chi connectivity index (χ0v) is 16.3. The van der Waals surface area contributed by atoms with E-state index >= 15 is 0 Å². The first kappa shape index (κ1) is 18.7. The Morgan fingerprint density at radius 2 is 1.62 bits per heavy atom. The molecule has 1 aromatic heterocycles. The highest BCUT2D eigenvalue weighted by atomic mass is 32.1. The number of nitrogens with one attached hydrogen (secondary N) is 2. The third kappa shape index (κ3) is 4.59. The number of carbonyl (C=O) groups excluding carboxylic acids is 1. The minimum absolute atomic E-state index is 0.237. The van der Waals surface area contributed by atoms with E-state index in [4.69, 9.17) is 16.6 Å². The molecule has 29 heavy (non-hydrogen) atoms. The molecular weight excluding hydrogens is 380 g/mol. The molecule has 0 bridgehead atoms. The van der Waals surface area contributed by atoms with Crippen LogP contribution in [0, 0.1) is 0 Å². The van der Waals surface area contributed by atoms with Gasteiger partial charge in [0.05, 0.1) is 0 Å². The van der Waals surface area contributed by atoms with Crippen molar-refractivity contribution in [2.45, 2.75) is 0 Å². The summed E-state index contributed by atoms with van der Waals surface area (Å²) in [6.07, 6.45) is 3.01. The van der Waals surface area contributed by atoms with Gasteiger partial charge in [0.1, 0.15) is 11.5 Å². The highest BCUT2D eigenvalue weighted by Gasteiger charge is 2.06. The Kier molecular flexibility index (Phi) is 5.49. The lowest BCUT2D eigenvalue weighted by Gasteiger charge is -2.10. The Balaban J connectivity index is 1.38. The maximum Gasteiger partial charge on any atom is 0.250 e. The Labute approximate surface area is 173 Å². The molecule has 0 radical (unpaired) electrons. The van der Waals surface area contributed by atoms with E-state index in [0.717, 1.165) is 27.8 Å². The number of hydrogen-bond acceptors (Lipinski definition) is 3. The SMILES string of the molecule is O=C(/C=C/c1ccc(-c2ccccc2)o1)NC(=S)Nc1cccc2ccccc12. The van der Waals surface area contributed by atoms with Gasteiger partial charge in [0.2, 0.25) is 5.91 Å². The van der Waals surface area contributed by atoms with Crippen molar-refractivity contribution in [2.75, 3.05) is 5.32 Å². The van der Waals surface area contributed by atoms with Gasteiger partial charge < -0.3 is 9.73 Å². The summed E-state index contributed by atoms with van der Waals surface area (Å²) in [5, 5.41) is 8.10. The first-order valence-electron chi connectivity index (χ1n) is 9.12. The number of furan rings is 1. The van der Waals surface area contributed by atoms with E-state index in [2.05, 4.69) is 10.6 Å². The summed E-state index contributed by atoms with van der Waals surface area (Å²) in [6.45, 7) is 0. The molecule has 2 N–H and O–H groups in total. The van der Waals surface area contributed by atoms with Crippen LogP contribution in [0.15, 0.2) is 95.4 Å². The van der Waals surface area contributed by atoms with E-state index in [0.29, 0.717) is 5.76 Å². The van der Waals surface area contributed by atoms with Crippen LogP contribution in [0.25, 0.3) is 28.2 Å². The van der Waals surface area contributed by atoms with Gasteiger partial charge in [-0.25, -0.2) is 0 Å². The molecule has 0 saturated carbocycles. The molecule has 0 unspecified atom stereocenters. The second-order valence-corrected chi connectivity index (χ2v) is 6.78. The maximum absolute atomic E-state index is 12.2. The van der Waals surface area contributed by atoms with Crippen molar-refractivity contribution in [2.24, 2.45) is 0 Å². The largest absolute Gasteiger partial charge is 0.457 e. The summed E-state index contributed by atoms with van der Waals surface area (Å²) in [6, 6.07) is 27.3. The number of rotatable bonds is 4. The van der Waals surface area contributed by atoms with Crippen LogP contribution in [-0.2, 0) is 4.79 Å². The summed E-state index contributed by atoms with van der Waals surface area (Å²) >= 11 is 5.27. The van der Waals surface area contributed by atoms with Gasteiger partial charge in [-0.05, 0) is 41.9 Å². The third-order valence-corrected chi connectivity index (χ3v) is 4.56. The fraction of sp³-hybridized carbons (Fsp3) is 0. The van der Waals surface area contributed by atoms with Crippen molar-refractivity contribution in [3.05, 3.63) is 96.8 Å². The van der Waals surface area contributed by atoms with Crippen LogP contribution >= 0.6 is 12.2 Å². The highest BCUT2D eigenvalue weighted by molar-refractivity contribution is 7.80. The lowest BCUT2D eigenvalue weighted by atomic mass is 10.1. The lowest BCUT2D eigenvalue weighted by Crippen LogP contribution is -2.32. The molecule has 4 nitrogen and oxygen atoms in total. The summed E-state index contributed by atoms with van der Waals surface area (Å²) in [4.78, 5) is 12.2. The number of amides is 1. The number of hydrogen-bond donors (Lipinski definition) is 2. The number of fused-ring (bicyclic) bond motifs is 1. The van der Waals surface area contributed by atoms with Gasteiger partial charge in [-0.3, -0.25) is 10.1 Å². The van der Waals surface area contributed by atoms with Crippen LogP contribution in [-0.4, -0.2) is 11.0 Å². The molecule has 0 aliphatic heterocycles. The molecule has 0 atom stereocenters. The summed E-state index contributed by atoms with van der Waals surface area (Å²) in [7, 11) is 0. The average molecular weight is 398 g/mol. The zero-order chi connectivity index (χ0) is 20.1. The summed E-state index contributed by atoms with van der Waals surface area (Å²) < 4.78 is 5.75. The number of thiocarbonyl (C=S) groups is 1. The van der Waals surface area contributed by atoms with E-state index in [1.165, 1.54) is 6.08 Å². The molecule has 142 valence electrons. The predicted molar refractivity (Wildman–Crippen MR) is 121 cm³/mol. The smallest absolute Gasteiger partial charge is 0.250 e. The second-order valence-electron chi connectivity index (χ2n) is 6.37. The fourth-order valence-electron chi connectivity index (χ4n) is 3.00. The Morgan fingerprint density at radius 3 is 2.48 bits per heavy atom. The van der Waals surface area contributed by atoms with Crippen molar-refractivity contribution >= 4 is 45.8 Å². The molecule has 4 rings (SSSR count). The minimum Gasteiger partial charge on any atom is -0.457 e. The summed E-state index contributed by atoms with van der Waals surface area (Å²) in [5.74, 6) is 1.01. The molecule has 1 amide bonds. The van der Waals surface area contributed by atoms with Crippen molar-refractivity contribution < 1.29 is 9.21 Å². The molecule has 3 aromatic carbocycles. The van der Waals surface area contributed by atoms with Crippen LogP contribution in [0.2, 0.25) is 0 Å². The highest BCUT2D eigenvalue weighted by Crippen LogP contribution is 2.23. The van der Waals surface area contributed by atoms with Crippen molar-refractivity contribution in [1.82, 2.24) is 5.32 Å². The van der Waals surface area contributed by atoms with E-state index in [1.807, 2.05) is 84.9 Å². The van der Waals surface area contributed by atoms with Gasteiger partial charge in [0, 0.05) is 22.7 Å². The van der Waals surface area contributed by atoms with Crippen molar-refractivity contribution in [3.63, 3.8) is 0 Å². The van der Waals surface area contributed by atoms with E-state index in [-0.39, 0.29) is 11.0 Å². The Hall–Kier alpha value is -3.70. The molecule has 4 aromatic rings. The van der Waals surface area contributed by atoms with Crippen molar-refractivity contribution in [3.8, 4) is 11.3 Å². The molecule has 0 saturated heterocycles. The predicted octanol–water partition coefficient (Wildman–Crippen LogP) is 5.63. The number of carbonyl (C=O) groups is 1. The quantitative estimate of drug-likeness (QED) is 0.346. The summed E-state index contributed by atoms with van der Waals surface area (Å²) in [5.41, 5.74) is 1.83. The van der Waals surface area contributed by atoms with Gasteiger partial charge in [-0.1, -0.05) is 66.7 Å². The Bertz CT molecular complexity index is 1190. The normalized spacial score (nSPS) is 10.9. The fourth-order valence-corrected chi connectivity index (χ4v) is 3.21. The van der Waals surface area contributed by atoms with Crippen LogP contribution in [0.5, 0.6) is 0 Å². The third-order valence-electron chi connectivity index (χ3n) is 4.36. The van der Waals surface area contributed by atoms with Crippen LogP contribution in [0.4, 0.5) is 5.69 Å². The van der Waals surface area contributed by atoms with Crippen LogP contribution in [0.1, 0.15) is 5.76 Å². The van der Waals surface area contributed by atoms with Gasteiger partial charge in [0.25, 0.3) is 0 Å². The molecule has 0 aliphatic carbocycles. The Morgan fingerprint density at radius 1 is 0.862 bits per heavy atom. The van der Waals surface area contributed by atoms with E-state index < -0.39 is 0 Å². The standard InChI is InChI=1S/C24H18N2O2S/c27-23(16-14-19-13-15-22(28-19)18-8-2-1-3-9-18)26-24(29)25-21-12-6-10-17-7-4-5-11-20(17)21/h1-16H,(H2,25,26,27,29)/b16-14+. The van der Waals surface area contributed by atoms with Gasteiger partial charge >= 0.3 is 0 Å². The van der Waals surface area contributed by atoms with Gasteiger partial charge in [-0.2, -0.15) is 0 Å². The molecular formula is C24H18N2O2S. The zero-order valence-electron chi connectivity index (χ0n) is 15.5.